The first-order valence-electron chi connectivity index (χ1n) is 50.7. The third-order valence-electron chi connectivity index (χ3n) is 24.4. The maximum absolute atomic E-state index is 15.2. The van der Waals surface area contributed by atoms with Crippen LogP contribution in [-0.2, 0) is 80.1 Å². The van der Waals surface area contributed by atoms with Gasteiger partial charge in [0, 0.05) is 12.8 Å². The normalized spacial score (nSPS) is 20.2. The van der Waals surface area contributed by atoms with E-state index in [1.54, 1.807) is 0 Å². The molecule has 0 aromatic heterocycles. The van der Waals surface area contributed by atoms with Crippen molar-refractivity contribution in [2.75, 3.05) is 13.2 Å². The lowest BCUT2D eigenvalue weighted by Gasteiger charge is -2.47. The average molecular weight is 1830 g/mol. The van der Waals surface area contributed by atoms with E-state index in [0.717, 1.165) is 244 Å². The SMILES string of the molecule is CCCCCCCCCCCCCC(=O)O[C@H](CCCCCCCCCCCCC)CC(=O)O[C@@H]1[C@@H](NC(=O)C[C@@H](CCCCCCCCCCC)OC(=O)CCCCCCCCCCC)[C@H](OC[C@H]2O[C@H](OP(=O)(O)O)[C@H](NC(=O)C[C@H](O)CCCCCCCCCCC)[C@@H](OC(=O)C[C@H](O)CCCCCCCCCCC)[C@@H]2O)O[C@H](CO)[C@H]1OP(=O)(O)O. The van der Waals surface area contributed by atoms with Crippen molar-refractivity contribution in [3.8, 4) is 0 Å². The van der Waals surface area contributed by atoms with Crippen molar-refractivity contribution in [3.05, 3.63) is 0 Å². The largest absolute Gasteiger partial charge is 0.472 e. The second-order valence-corrected chi connectivity index (χ2v) is 38.6. The van der Waals surface area contributed by atoms with E-state index in [4.69, 9.17) is 42.2 Å². The predicted molar refractivity (Wildman–Crippen MR) is 490 cm³/mol. The summed E-state index contributed by atoms with van der Waals surface area (Å²) in [5, 5.41) is 51.6. The second-order valence-electron chi connectivity index (χ2n) is 36.2. The molecule has 14 atom stereocenters. The van der Waals surface area contributed by atoms with E-state index < -0.39 is 176 Å². The number of hydrogen-bond donors (Lipinski definition) is 10. The number of amides is 2. The molecule has 0 saturated carbocycles. The summed E-state index contributed by atoms with van der Waals surface area (Å²) in [4.78, 5) is 129. The molecule has 0 aliphatic carbocycles. The van der Waals surface area contributed by atoms with Gasteiger partial charge in [0.2, 0.25) is 11.8 Å². The number of ether oxygens (including phenoxy) is 7. The molecule has 2 heterocycles. The fourth-order valence-corrected chi connectivity index (χ4v) is 18.0. The molecule has 0 unspecified atom stereocenters. The number of phosphoric ester groups is 2. The minimum absolute atomic E-state index is 0.0786. The van der Waals surface area contributed by atoms with E-state index in [-0.39, 0.29) is 38.5 Å². The lowest BCUT2D eigenvalue weighted by Crippen LogP contribution is -2.68. The van der Waals surface area contributed by atoms with Gasteiger partial charge in [0.15, 0.2) is 24.8 Å². The number of aliphatic hydroxyl groups is 4. The fraction of sp³-hybridized carbons (Fsp3) is 0.938. The Morgan fingerprint density at radius 2 is 0.616 bits per heavy atom. The second kappa shape index (κ2) is 77.2. The summed E-state index contributed by atoms with van der Waals surface area (Å²) < 4.78 is 80.3. The van der Waals surface area contributed by atoms with Crippen LogP contribution in [0.15, 0.2) is 0 Å². The molecular formula is C96H182N2O25P2. The molecule has 0 aromatic carbocycles. The first-order valence-corrected chi connectivity index (χ1v) is 53.8. The smallest absolute Gasteiger partial charge is 0.462 e. The van der Waals surface area contributed by atoms with Crippen LogP contribution in [0.1, 0.15) is 478 Å². The molecular weight excluding hydrogens is 1640 g/mol. The zero-order valence-electron chi connectivity index (χ0n) is 79.0. The molecule has 27 nitrogen and oxygen atoms in total. The number of carbonyl (C=O) groups is 6. The molecule has 0 radical (unpaired) electrons. The Hall–Kier alpha value is -3.24. The van der Waals surface area contributed by atoms with E-state index in [1.807, 2.05) is 0 Å². The lowest BCUT2D eigenvalue weighted by molar-refractivity contribution is -0.297. The number of unbranched alkanes of at least 4 members (excludes halogenated alkanes) is 52. The monoisotopic (exact) mass is 1830 g/mol. The topological polar surface area (TPSA) is 406 Å². The molecule has 10 N–H and O–H groups in total. The fourth-order valence-electron chi connectivity index (χ4n) is 16.9. The van der Waals surface area contributed by atoms with Gasteiger partial charge in [0.1, 0.15) is 48.7 Å². The Morgan fingerprint density at radius 3 is 0.968 bits per heavy atom. The minimum Gasteiger partial charge on any atom is -0.462 e. The number of aliphatic hydroxyl groups excluding tert-OH is 4. The highest BCUT2D eigenvalue weighted by molar-refractivity contribution is 7.46. The molecule has 736 valence electrons. The predicted octanol–water partition coefficient (Wildman–Crippen LogP) is 21.4. The summed E-state index contributed by atoms with van der Waals surface area (Å²) in [6.07, 6.45) is 36.6. The van der Waals surface area contributed by atoms with Gasteiger partial charge in [-0.15, -0.1) is 0 Å². The molecule has 2 amide bonds. The van der Waals surface area contributed by atoms with E-state index in [2.05, 4.69) is 52.2 Å². The molecule has 2 fully saturated rings. The van der Waals surface area contributed by atoms with Crippen LogP contribution < -0.4 is 10.6 Å². The van der Waals surface area contributed by atoms with E-state index >= 15 is 9.59 Å². The maximum atomic E-state index is 15.2. The van der Waals surface area contributed by atoms with Crippen molar-refractivity contribution in [1.29, 1.82) is 0 Å². The highest BCUT2D eigenvalue weighted by atomic mass is 31.2. The van der Waals surface area contributed by atoms with Crippen molar-refractivity contribution in [2.45, 2.75) is 564 Å². The molecule has 29 heteroatoms. The molecule has 0 aromatic rings. The van der Waals surface area contributed by atoms with Crippen molar-refractivity contribution in [1.82, 2.24) is 10.6 Å². The Kier molecular flexibility index (Phi) is 72.8. The number of carbonyl (C=O) groups excluding carboxylic acids is 6. The highest BCUT2D eigenvalue weighted by Crippen LogP contribution is 2.44. The van der Waals surface area contributed by atoms with Crippen LogP contribution in [0.3, 0.4) is 0 Å². The molecule has 2 rings (SSSR count). The summed E-state index contributed by atoms with van der Waals surface area (Å²) in [5.74, 6) is -5.04. The molecule has 125 heavy (non-hydrogen) atoms. The van der Waals surface area contributed by atoms with Crippen molar-refractivity contribution >= 4 is 51.3 Å². The van der Waals surface area contributed by atoms with Gasteiger partial charge in [-0.2, -0.15) is 0 Å². The van der Waals surface area contributed by atoms with Gasteiger partial charge in [0.25, 0.3) is 0 Å². The summed E-state index contributed by atoms with van der Waals surface area (Å²) in [6, 6.07) is -3.86. The first-order chi connectivity index (χ1) is 60.3. The summed E-state index contributed by atoms with van der Waals surface area (Å²) in [6.45, 7) is 10.9. The Balaban J connectivity index is 2.84. The Morgan fingerprint density at radius 1 is 0.328 bits per heavy atom. The average Bonchev–Trinajstić information content (AvgIpc) is 0.780. The summed E-state index contributed by atoms with van der Waals surface area (Å²) >= 11 is 0. The van der Waals surface area contributed by atoms with Crippen LogP contribution in [0, 0.1) is 0 Å². The summed E-state index contributed by atoms with van der Waals surface area (Å²) in [5.41, 5.74) is 0. The van der Waals surface area contributed by atoms with Gasteiger partial charge in [-0.25, -0.2) is 9.13 Å². The third kappa shape index (κ3) is 63.5. The Bertz CT molecular complexity index is 2750. The van der Waals surface area contributed by atoms with Gasteiger partial charge < -0.3 is 83.8 Å². The van der Waals surface area contributed by atoms with E-state index in [9.17, 15) is 68.3 Å². The van der Waals surface area contributed by atoms with Gasteiger partial charge in [-0.3, -0.25) is 37.8 Å². The van der Waals surface area contributed by atoms with Crippen molar-refractivity contribution in [3.63, 3.8) is 0 Å². The number of esters is 4. The number of nitrogens with one attached hydrogen (secondary N) is 2. The Labute approximate surface area is 755 Å². The standard InChI is InChI=1S/C96H182N2O25P2/c1-7-13-19-25-31-37-39-45-50-56-62-68-80(117-86(105)70-64-58-52-46-40-38-32-26-20-14-8-2)74-88(107)121-94-90(98-84(103)73-79(67-61-55-49-43-35-29-23-17-11-5)116-85(104)69-63-57-51-44-36-30-24-18-12-6)95(118-81(75-99)92(94)122-124(109,110)111)115-76-82-91(108)93(120-87(106)72-78(101)66-60-54-48-42-34-28-22-16-10-4)89(96(119-82)123-125(112,113)114)97-83(102)71-77(100)65-59-53-47-41-33-27-21-15-9-3/h77-82,89-96,99-101,108H,7-76H2,1-6H3,(H,97,102)(H,98,103)(H2,109,110,111)(H2,112,113,114)/t77-,78-,79-,80-,81-,82-,89-,90-,91-,92-,93-,94-,95-,96-/m1/s1. The quantitative estimate of drug-likeness (QED) is 0.0117. The zero-order chi connectivity index (χ0) is 91.8. The van der Waals surface area contributed by atoms with Crippen LogP contribution in [0.5, 0.6) is 0 Å². The number of phosphoric acid groups is 2. The van der Waals surface area contributed by atoms with Gasteiger partial charge in [0.05, 0.1) is 51.1 Å². The minimum atomic E-state index is -5.69. The highest BCUT2D eigenvalue weighted by Gasteiger charge is 2.55. The van der Waals surface area contributed by atoms with Crippen molar-refractivity contribution < 1.29 is 120 Å². The van der Waals surface area contributed by atoms with Crippen LogP contribution >= 0.6 is 15.6 Å². The van der Waals surface area contributed by atoms with Gasteiger partial charge in [-0.05, 0) is 51.4 Å². The molecule has 2 aliphatic heterocycles. The summed E-state index contributed by atoms with van der Waals surface area (Å²) in [7, 11) is -11.4. The van der Waals surface area contributed by atoms with Crippen LogP contribution in [0.25, 0.3) is 0 Å². The first kappa shape index (κ1) is 118. The number of rotatable bonds is 86. The molecule has 2 aliphatic rings. The third-order valence-corrected chi connectivity index (χ3v) is 25.4. The van der Waals surface area contributed by atoms with Crippen LogP contribution in [0.2, 0.25) is 0 Å². The molecule has 2 saturated heterocycles. The van der Waals surface area contributed by atoms with E-state index in [1.165, 1.54) is 89.9 Å². The number of hydrogen-bond acceptors (Lipinski definition) is 21. The van der Waals surface area contributed by atoms with E-state index in [0.29, 0.717) is 38.5 Å². The van der Waals surface area contributed by atoms with Gasteiger partial charge >= 0.3 is 39.5 Å². The molecule has 0 bridgehead atoms. The van der Waals surface area contributed by atoms with Crippen LogP contribution in [-0.4, -0.2) is 175 Å². The maximum Gasteiger partial charge on any atom is 0.472 e. The van der Waals surface area contributed by atoms with Crippen LogP contribution in [0.4, 0.5) is 0 Å². The lowest BCUT2D eigenvalue weighted by atomic mass is 9.95. The van der Waals surface area contributed by atoms with Crippen molar-refractivity contribution in [2.24, 2.45) is 0 Å². The molecule has 0 spiro atoms. The van der Waals surface area contributed by atoms with Gasteiger partial charge in [-0.1, -0.05) is 388 Å². The zero-order valence-corrected chi connectivity index (χ0v) is 80.8.